The molecule has 2 heterocycles. The molecule has 0 unspecified atom stereocenters. The Balaban J connectivity index is 1.48. The molecule has 0 aliphatic heterocycles. The van der Waals surface area contributed by atoms with Crippen LogP contribution in [0.2, 0.25) is 5.02 Å². The van der Waals surface area contributed by atoms with E-state index in [-0.39, 0.29) is 24.9 Å². The highest BCUT2D eigenvalue weighted by molar-refractivity contribution is 6.31. The minimum Gasteiger partial charge on any atom is -0.350 e. The van der Waals surface area contributed by atoms with E-state index in [1.807, 2.05) is 48.5 Å². The van der Waals surface area contributed by atoms with Gasteiger partial charge in [0.15, 0.2) is 0 Å². The van der Waals surface area contributed by atoms with Gasteiger partial charge in [0, 0.05) is 23.2 Å². The van der Waals surface area contributed by atoms with Gasteiger partial charge in [-0.25, -0.2) is 4.68 Å². The van der Waals surface area contributed by atoms with Crippen molar-refractivity contribution in [2.24, 2.45) is 0 Å². The zero-order chi connectivity index (χ0) is 20.9. The first kappa shape index (κ1) is 19.5. The predicted molar refractivity (Wildman–Crippen MR) is 111 cm³/mol. The van der Waals surface area contributed by atoms with E-state index in [1.54, 1.807) is 6.07 Å². The molecule has 4 rings (SSSR count). The van der Waals surface area contributed by atoms with E-state index >= 15 is 0 Å². The highest BCUT2D eigenvalue weighted by atomic mass is 35.5. The summed E-state index contributed by atoms with van der Waals surface area (Å²) >= 11 is 6.09. The molecule has 0 atom stereocenters. The van der Waals surface area contributed by atoms with Crippen molar-refractivity contribution in [3.8, 4) is 23.0 Å². The Morgan fingerprint density at radius 1 is 1.03 bits per heavy atom. The molecule has 2 aromatic carbocycles. The van der Waals surface area contributed by atoms with Gasteiger partial charge in [-0.1, -0.05) is 65.3 Å². The molecule has 8 nitrogen and oxygen atoms in total. The number of nitrogens with zero attached hydrogens (tertiary/aromatic N) is 4. The molecule has 0 spiro atoms. The molecule has 1 N–H and O–H groups in total. The third-order valence-corrected chi connectivity index (χ3v) is 4.64. The molecule has 0 saturated carbocycles. The molecule has 30 heavy (non-hydrogen) atoms. The maximum absolute atomic E-state index is 12.3. The highest BCUT2D eigenvalue weighted by Crippen LogP contribution is 2.19. The summed E-state index contributed by atoms with van der Waals surface area (Å²) in [6.07, 6.45) is 0. The number of aromatic nitrogens is 4. The quantitative estimate of drug-likeness (QED) is 0.513. The number of benzene rings is 2. The van der Waals surface area contributed by atoms with Crippen molar-refractivity contribution in [2.45, 2.75) is 13.1 Å². The lowest BCUT2D eigenvalue weighted by Gasteiger charge is -2.08. The standard InChI is InChI=1S/C21H16ClN5O3/c22-16-9-5-4-8-15(16)12-23-18(28)13-27-19(29)11-10-17(25-27)21-24-20(26-30-21)14-6-2-1-3-7-14/h1-11H,12-13H2,(H,23,28). The van der Waals surface area contributed by atoms with Gasteiger partial charge in [0.05, 0.1) is 0 Å². The van der Waals surface area contributed by atoms with E-state index in [9.17, 15) is 9.59 Å². The predicted octanol–water partition coefficient (Wildman–Crippen LogP) is 2.93. The van der Waals surface area contributed by atoms with Crippen LogP contribution < -0.4 is 10.9 Å². The van der Waals surface area contributed by atoms with Crippen LogP contribution in [0, 0.1) is 0 Å². The number of hydrogen-bond donors (Lipinski definition) is 1. The van der Waals surface area contributed by atoms with Crippen LogP contribution in [-0.2, 0) is 17.9 Å². The Hall–Kier alpha value is -3.78. The van der Waals surface area contributed by atoms with Crippen LogP contribution in [0.25, 0.3) is 23.0 Å². The maximum atomic E-state index is 12.3. The molecular weight excluding hydrogens is 406 g/mol. The maximum Gasteiger partial charge on any atom is 0.278 e. The topological polar surface area (TPSA) is 103 Å². The molecule has 4 aromatic rings. The summed E-state index contributed by atoms with van der Waals surface area (Å²) < 4.78 is 6.31. The van der Waals surface area contributed by atoms with Gasteiger partial charge < -0.3 is 9.84 Å². The molecule has 0 aliphatic carbocycles. The molecule has 9 heteroatoms. The van der Waals surface area contributed by atoms with Crippen molar-refractivity contribution in [1.29, 1.82) is 0 Å². The third kappa shape index (κ3) is 4.44. The Labute approximate surface area is 176 Å². The number of nitrogens with one attached hydrogen (secondary N) is 1. The minimum absolute atomic E-state index is 0.152. The summed E-state index contributed by atoms with van der Waals surface area (Å²) in [4.78, 5) is 28.7. The average Bonchev–Trinajstić information content (AvgIpc) is 3.26. The first-order valence-electron chi connectivity index (χ1n) is 9.08. The van der Waals surface area contributed by atoms with E-state index in [1.165, 1.54) is 12.1 Å². The van der Waals surface area contributed by atoms with Gasteiger partial charge in [-0.3, -0.25) is 9.59 Å². The van der Waals surface area contributed by atoms with Gasteiger partial charge in [0.1, 0.15) is 12.2 Å². The fourth-order valence-corrected chi connectivity index (χ4v) is 2.94. The van der Waals surface area contributed by atoms with Gasteiger partial charge in [0.2, 0.25) is 11.7 Å². The summed E-state index contributed by atoms with van der Waals surface area (Å²) in [5, 5.41) is 11.4. The summed E-state index contributed by atoms with van der Waals surface area (Å²) in [7, 11) is 0. The first-order valence-corrected chi connectivity index (χ1v) is 9.46. The smallest absolute Gasteiger partial charge is 0.278 e. The molecule has 150 valence electrons. The number of carbonyl (C=O) groups is 1. The molecule has 0 fully saturated rings. The summed E-state index contributed by atoms with van der Waals surface area (Å²) in [5.41, 5.74) is 1.44. The summed E-state index contributed by atoms with van der Waals surface area (Å²) in [6.45, 7) is -0.00610. The van der Waals surface area contributed by atoms with E-state index in [0.717, 1.165) is 15.8 Å². The second kappa shape index (κ2) is 8.71. The summed E-state index contributed by atoms with van der Waals surface area (Å²) in [6, 6.07) is 19.3. The van der Waals surface area contributed by atoms with Crippen LogP contribution >= 0.6 is 11.6 Å². The van der Waals surface area contributed by atoms with Gasteiger partial charge in [0.25, 0.3) is 11.4 Å². The SMILES string of the molecule is O=C(Cn1nc(-c2nc(-c3ccccc3)no2)ccc1=O)NCc1ccccc1Cl. The van der Waals surface area contributed by atoms with E-state index in [4.69, 9.17) is 16.1 Å². The van der Waals surface area contributed by atoms with Crippen LogP contribution in [0.4, 0.5) is 0 Å². The van der Waals surface area contributed by atoms with Crippen molar-refractivity contribution >= 4 is 17.5 Å². The first-order chi connectivity index (χ1) is 14.6. The zero-order valence-electron chi connectivity index (χ0n) is 15.7. The number of amides is 1. The van der Waals surface area contributed by atoms with Gasteiger partial charge >= 0.3 is 0 Å². The van der Waals surface area contributed by atoms with Crippen molar-refractivity contribution in [1.82, 2.24) is 25.2 Å². The van der Waals surface area contributed by atoms with Gasteiger partial charge in [-0.2, -0.15) is 10.1 Å². The largest absolute Gasteiger partial charge is 0.350 e. The lowest BCUT2D eigenvalue weighted by molar-refractivity contribution is -0.122. The minimum atomic E-state index is -0.422. The van der Waals surface area contributed by atoms with Crippen LogP contribution in [0.5, 0.6) is 0 Å². The lowest BCUT2D eigenvalue weighted by Crippen LogP contribution is -2.33. The van der Waals surface area contributed by atoms with Crippen LogP contribution in [-0.4, -0.2) is 25.8 Å². The molecule has 0 saturated heterocycles. The number of hydrogen-bond acceptors (Lipinski definition) is 6. The second-order valence-corrected chi connectivity index (χ2v) is 6.78. The Bertz CT molecular complexity index is 1240. The number of carbonyl (C=O) groups excluding carboxylic acids is 1. The highest BCUT2D eigenvalue weighted by Gasteiger charge is 2.14. The van der Waals surface area contributed by atoms with Crippen LogP contribution in [0.1, 0.15) is 5.56 Å². The molecule has 0 bridgehead atoms. The molecule has 1 amide bonds. The summed E-state index contributed by atoms with van der Waals surface area (Å²) in [5.74, 6) is 0.180. The fraction of sp³-hybridized carbons (Fsp3) is 0.0952. The van der Waals surface area contributed by atoms with Gasteiger partial charge in [-0.15, -0.1) is 0 Å². The molecule has 0 aliphatic rings. The molecule has 0 radical (unpaired) electrons. The number of halogens is 1. The van der Waals surface area contributed by atoms with Crippen molar-refractivity contribution in [3.05, 3.63) is 87.7 Å². The van der Waals surface area contributed by atoms with Crippen molar-refractivity contribution in [2.75, 3.05) is 0 Å². The molecular formula is C21H16ClN5O3. The second-order valence-electron chi connectivity index (χ2n) is 6.37. The van der Waals surface area contributed by atoms with Crippen molar-refractivity contribution < 1.29 is 9.32 Å². The number of rotatable bonds is 6. The normalized spacial score (nSPS) is 10.7. The Morgan fingerprint density at radius 2 is 1.80 bits per heavy atom. The Morgan fingerprint density at radius 3 is 2.60 bits per heavy atom. The average molecular weight is 422 g/mol. The monoisotopic (exact) mass is 421 g/mol. The fourth-order valence-electron chi connectivity index (χ4n) is 2.74. The van der Waals surface area contributed by atoms with Crippen molar-refractivity contribution in [3.63, 3.8) is 0 Å². The van der Waals surface area contributed by atoms with Crippen LogP contribution in [0.15, 0.2) is 76.0 Å². The van der Waals surface area contributed by atoms with E-state index in [0.29, 0.717) is 16.5 Å². The van der Waals surface area contributed by atoms with Crippen LogP contribution in [0.3, 0.4) is 0 Å². The Kier molecular flexibility index (Phi) is 5.67. The lowest BCUT2D eigenvalue weighted by atomic mass is 10.2. The van der Waals surface area contributed by atoms with E-state index < -0.39 is 5.56 Å². The van der Waals surface area contributed by atoms with Gasteiger partial charge in [-0.05, 0) is 17.7 Å². The third-order valence-electron chi connectivity index (χ3n) is 4.27. The van der Waals surface area contributed by atoms with E-state index in [2.05, 4.69) is 20.6 Å². The zero-order valence-corrected chi connectivity index (χ0v) is 16.4. The molecule has 2 aromatic heterocycles.